The Labute approximate surface area is 149 Å². The van der Waals surface area contributed by atoms with E-state index >= 15 is 0 Å². The van der Waals surface area contributed by atoms with E-state index in [0.29, 0.717) is 5.69 Å². The number of nitrogens with zero attached hydrogens (tertiary/aromatic N) is 2. The molecule has 1 aliphatic rings. The quantitative estimate of drug-likeness (QED) is 0.364. The first kappa shape index (κ1) is 16.7. The third-order valence-electron chi connectivity index (χ3n) is 3.50. The topological polar surface area (TPSA) is 116 Å². The van der Waals surface area contributed by atoms with E-state index in [0.717, 1.165) is 21.6 Å². The van der Waals surface area contributed by atoms with Gasteiger partial charge in [-0.3, -0.25) is 25.1 Å². The van der Waals surface area contributed by atoms with Crippen molar-refractivity contribution in [3.63, 3.8) is 0 Å². The summed E-state index contributed by atoms with van der Waals surface area (Å²) >= 11 is 3.27. The number of rotatable bonds is 3. The Balaban J connectivity index is 1.98. The van der Waals surface area contributed by atoms with Crippen LogP contribution in [0.1, 0.15) is 5.56 Å². The van der Waals surface area contributed by atoms with Gasteiger partial charge in [0.05, 0.1) is 10.6 Å². The van der Waals surface area contributed by atoms with Crippen LogP contribution in [-0.2, 0) is 9.59 Å². The minimum atomic E-state index is -0.859. The highest BCUT2D eigenvalue weighted by Gasteiger charge is 2.34. The first-order valence-corrected chi connectivity index (χ1v) is 7.75. The largest absolute Gasteiger partial charge is 0.867 e. The smallest absolute Gasteiger partial charge is 0.282 e. The van der Waals surface area contributed by atoms with Crippen molar-refractivity contribution in [1.82, 2.24) is 5.43 Å². The van der Waals surface area contributed by atoms with E-state index in [4.69, 9.17) is 0 Å². The zero-order chi connectivity index (χ0) is 18.1. The second kappa shape index (κ2) is 6.36. The van der Waals surface area contributed by atoms with Crippen LogP contribution in [0.25, 0.3) is 6.08 Å². The zero-order valence-electron chi connectivity index (χ0n) is 12.4. The lowest BCUT2D eigenvalue weighted by Crippen LogP contribution is -2.35. The minimum absolute atomic E-state index is 0.106. The molecule has 0 atom stereocenters. The lowest BCUT2D eigenvalue weighted by Gasteiger charge is -2.14. The van der Waals surface area contributed by atoms with Gasteiger partial charge in [-0.05, 0) is 41.7 Å². The van der Waals surface area contributed by atoms with Crippen LogP contribution in [0.3, 0.4) is 0 Å². The van der Waals surface area contributed by atoms with Gasteiger partial charge in [0.25, 0.3) is 17.5 Å². The molecule has 2 aromatic carbocycles. The first-order valence-electron chi connectivity index (χ1n) is 6.95. The number of anilines is 1. The summed E-state index contributed by atoms with van der Waals surface area (Å²) < 4.78 is 0.803. The van der Waals surface area contributed by atoms with Crippen molar-refractivity contribution in [2.75, 3.05) is 5.01 Å². The molecule has 8 nitrogen and oxygen atoms in total. The molecular weight excluding hydrogens is 394 g/mol. The number of carbonyl (C=O) groups is 2. The maximum absolute atomic E-state index is 12.5. The number of hydrazine groups is 1. The Kier molecular flexibility index (Phi) is 4.24. The van der Waals surface area contributed by atoms with Gasteiger partial charge in [0.1, 0.15) is 5.57 Å². The molecule has 9 heteroatoms. The first-order chi connectivity index (χ1) is 11.9. The van der Waals surface area contributed by atoms with Crippen LogP contribution in [0, 0.1) is 10.1 Å². The standard InChI is InChI=1S/C16H10BrN3O5/c17-10-4-6-11(7-5-10)19-16(23)12(15(22)18-19)8-9-2-1-3-13(14(9)21)20(24)25/h1-8,21H,(H,18,22)/p-1/b12-8-. The van der Waals surface area contributed by atoms with Gasteiger partial charge in [0, 0.05) is 10.5 Å². The second-order valence-electron chi connectivity index (χ2n) is 5.07. The number of nitrogens with one attached hydrogen (secondary N) is 1. The van der Waals surface area contributed by atoms with Crippen LogP contribution in [0.5, 0.6) is 5.75 Å². The number of nitro groups is 1. The van der Waals surface area contributed by atoms with Crippen molar-refractivity contribution in [3.8, 4) is 5.75 Å². The molecule has 0 aliphatic carbocycles. The Morgan fingerprint density at radius 1 is 1.12 bits per heavy atom. The van der Waals surface area contributed by atoms with Gasteiger partial charge in [0.15, 0.2) is 0 Å². The van der Waals surface area contributed by atoms with E-state index in [1.165, 1.54) is 12.1 Å². The zero-order valence-corrected chi connectivity index (χ0v) is 14.0. The minimum Gasteiger partial charge on any atom is -0.867 e. The van der Waals surface area contributed by atoms with Crippen molar-refractivity contribution in [2.24, 2.45) is 0 Å². The molecule has 0 saturated carbocycles. The van der Waals surface area contributed by atoms with E-state index in [9.17, 15) is 24.8 Å². The number of carbonyl (C=O) groups excluding carboxylic acids is 2. The molecule has 2 amide bonds. The van der Waals surface area contributed by atoms with Gasteiger partial charge in [-0.2, -0.15) is 0 Å². The van der Waals surface area contributed by atoms with Gasteiger partial charge in [-0.15, -0.1) is 0 Å². The summed E-state index contributed by atoms with van der Waals surface area (Å²) in [4.78, 5) is 34.6. The molecule has 1 N–H and O–H groups in total. The van der Waals surface area contributed by atoms with E-state index < -0.39 is 28.2 Å². The lowest BCUT2D eigenvalue weighted by molar-refractivity contribution is -0.398. The molecule has 0 bridgehead atoms. The van der Waals surface area contributed by atoms with Crippen molar-refractivity contribution < 1.29 is 19.6 Å². The number of hydrogen-bond donors (Lipinski definition) is 1. The molecule has 0 spiro atoms. The summed E-state index contributed by atoms with van der Waals surface area (Å²) in [7, 11) is 0. The number of nitro benzene ring substituents is 1. The number of benzene rings is 2. The van der Waals surface area contributed by atoms with Crippen LogP contribution < -0.4 is 15.5 Å². The molecule has 2 aromatic rings. The lowest BCUT2D eigenvalue weighted by atomic mass is 10.1. The van der Waals surface area contributed by atoms with Crippen LogP contribution in [0.15, 0.2) is 52.5 Å². The molecule has 0 aromatic heterocycles. The van der Waals surface area contributed by atoms with Crippen molar-refractivity contribution in [2.45, 2.75) is 0 Å². The van der Waals surface area contributed by atoms with E-state index in [-0.39, 0.29) is 11.1 Å². The van der Waals surface area contributed by atoms with E-state index in [1.54, 1.807) is 24.3 Å². The highest BCUT2D eigenvalue weighted by molar-refractivity contribution is 9.10. The van der Waals surface area contributed by atoms with Gasteiger partial charge < -0.3 is 5.11 Å². The fourth-order valence-electron chi connectivity index (χ4n) is 2.28. The van der Waals surface area contributed by atoms with Gasteiger partial charge in [-0.25, -0.2) is 5.01 Å². The van der Waals surface area contributed by atoms with Gasteiger partial charge in [-0.1, -0.05) is 28.1 Å². The average Bonchev–Trinajstić information content (AvgIpc) is 2.85. The summed E-state index contributed by atoms with van der Waals surface area (Å²) in [6.07, 6.45) is 1.06. The SMILES string of the molecule is O=C1NN(c2ccc(Br)cc2)C(=O)/C1=C\c1cccc([N+](=O)[O-])c1[O-]. The molecule has 1 fully saturated rings. The van der Waals surface area contributed by atoms with Crippen LogP contribution in [0.2, 0.25) is 0 Å². The number of para-hydroxylation sites is 1. The fourth-order valence-corrected chi connectivity index (χ4v) is 2.55. The third kappa shape index (κ3) is 3.09. The van der Waals surface area contributed by atoms with Crippen molar-refractivity contribution in [1.29, 1.82) is 0 Å². The Bertz CT molecular complexity index is 924. The van der Waals surface area contributed by atoms with E-state index in [1.807, 2.05) is 0 Å². The van der Waals surface area contributed by atoms with Crippen molar-refractivity contribution in [3.05, 3.63) is 68.2 Å². The highest BCUT2D eigenvalue weighted by Crippen LogP contribution is 2.30. The second-order valence-corrected chi connectivity index (χ2v) is 5.98. The number of halogens is 1. The third-order valence-corrected chi connectivity index (χ3v) is 4.03. The summed E-state index contributed by atoms with van der Waals surface area (Å²) in [6.45, 7) is 0. The average molecular weight is 403 g/mol. The Morgan fingerprint density at radius 3 is 2.44 bits per heavy atom. The number of hydrogen-bond acceptors (Lipinski definition) is 5. The molecule has 1 saturated heterocycles. The predicted octanol–water partition coefficient (Wildman–Crippen LogP) is 1.89. The molecule has 1 aliphatic heterocycles. The Hall–Kier alpha value is -3.20. The molecule has 3 rings (SSSR count). The summed E-state index contributed by atoms with van der Waals surface area (Å²) in [5, 5.41) is 23.9. The Morgan fingerprint density at radius 2 is 1.80 bits per heavy atom. The molecule has 0 unspecified atom stereocenters. The summed E-state index contributed by atoms with van der Waals surface area (Å²) in [6, 6.07) is 10.3. The maximum atomic E-state index is 12.5. The number of amides is 2. The molecule has 25 heavy (non-hydrogen) atoms. The van der Waals surface area contributed by atoms with Gasteiger partial charge in [0.2, 0.25) is 0 Å². The normalized spacial score (nSPS) is 15.6. The monoisotopic (exact) mass is 402 g/mol. The molecule has 0 radical (unpaired) electrons. The maximum Gasteiger partial charge on any atom is 0.282 e. The van der Waals surface area contributed by atoms with Crippen LogP contribution in [0.4, 0.5) is 11.4 Å². The molecule has 1 heterocycles. The summed E-state index contributed by atoms with van der Waals surface area (Å²) in [5.74, 6) is -2.21. The van der Waals surface area contributed by atoms with Crippen LogP contribution >= 0.6 is 15.9 Å². The highest BCUT2D eigenvalue weighted by atomic mass is 79.9. The summed E-state index contributed by atoms with van der Waals surface area (Å²) in [5.41, 5.74) is 1.82. The fraction of sp³-hybridized carbons (Fsp3) is 0. The van der Waals surface area contributed by atoms with Crippen molar-refractivity contribution >= 4 is 45.2 Å². The predicted molar refractivity (Wildman–Crippen MR) is 90.3 cm³/mol. The molecule has 126 valence electrons. The van der Waals surface area contributed by atoms with Gasteiger partial charge >= 0.3 is 0 Å². The van der Waals surface area contributed by atoms with Crippen LogP contribution in [-0.4, -0.2) is 16.7 Å². The van der Waals surface area contributed by atoms with E-state index in [2.05, 4.69) is 21.4 Å². The molecular formula is C16H9BrN3O5-.